The Hall–Kier alpha value is -1.35. The zero-order chi connectivity index (χ0) is 13.9. The van der Waals surface area contributed by atoms with E-state index in [4.69, 9.17) is 0 Å². The highest BCUT2D eigenvalue weighted by Crippen LogP contribution is 2.28. The van der Waals surface area contributed by atoms with Crippen LogP contribution >= 0.6 is 0 Å². The van der Waals surface area contributed by atoms with Crippen LogP contribution in [0.2, 0.25) is 0 Å². The molecule has 1 aromatic carbocycles. The maximum Gasteiger partial charge on any atom is 0.254 e. The fraction of sp³-hybridized carbons (Fsp3) is 0.588. The average Bonchev–Trinajstić information content (AvgIpc) is 2.95. The number of aliphatic hydroxyl groups excluding tert-OH is 1. The number of fused-ring (bicyclic) bond motifs is 1. The zero-order valence-electron chi connectivity index (χ0n) is 11.9. The smallest absolute Gasteiger partial charge is 0.254 e. The van der Waals surface area contributed by atoms with E-state index >= 15 is 0 Å². The van der Waals surface area contributed by atoms with Gasteiger partial charge in [0.1, 0.15) is 0 Å². The first-order valence-electron chi connectivity index (χ1n) is 7.81. The lowest BCUT2D eigenvalue weighted by molar-refractivity contribution is 0.0485. The Morgan fingerprint density at radius 2 is 1.95 bits per heavy atom. The average molecular weight is 273 g/mol. The van der Waals surface area contributed by atoms with E-state index in [1.165, 1.54) is 12.8 Å². The minimum Gasteiger partial charge on any atom is -0.391 e. The highest BCUT2D eigenvalue weighted by Gasteiger charge is 2.28. The van der Waals surface area contributed by atoms with Crippen molar-refractivity contribution in [2.24, 2.45) is 5.92 Å². The van der Waals surface area contributed by atoms with Crippen LogP contribution in [0.3, 0.4) is 0 Å². The van der Waals surface area contributed by atoms with E-state index in [1.807, 2.05) is 29.2 Å². The molecule has 3 rings (SSSR count). The molecule has 108 valence electrons. The summed E-state index contributed by atoms with van der Waals surface area (Å²) in [6, 6.07) is 7.88. The lowest BCUT2D eigenvalue weighted by atomic mass is 10.00. The van der Waals surface area contributed by atoms with Gasteiger partial charge in [-0.25, -0.2) is 0 Å². The highest BCUT2D eigenvalue weighted by molar-refractivity contribution is 5.96. The van der Waals surface area contributed by atoms with E-state index in [9.17, 15) is 9.90 Å². The second kappa shape index (κ2) is 5.96. The van der Waals surface area contributed by atoms with Crippen molar-refractivity contribution in [3.05, 3.63) is 35.4 Å². The van der Waals surface area contributed by atoms with Gasteiger partial charge < -0.3 is 10.0 Å². The van der Waals surface area contributed by atoms with Gasteiger partial charge in [0.2, 0.25) is 0 Å². The molecule has 1 aliphatic carbocycles. The Morgan fingerprint density at radius 3 is 2.75 bits per heavy atom. The fourth-order valence-corrected chi connectivity index (χ4v) is 3.57. The van der Waals surface area contributed by atoms with Gasteiger partial charge in [0.15, 0.2) is 0 Å². The van der Waals surface area contributed by atoms with E-state index in [2.05, 4.69) is 0 Å². The van der Waals surface area contributed by atoms with Gasteiger partial charge in [-0.15, -0.1) is 0 Å². The van der Waals surface area contributed by atoms with Crippen molar-refractivity contribution in [1.29, 1.82) is 0 Å². The van der Waals surface area contributed by atoms with Crippen LogP contribution in [0.15, 0.2) is 24.3 Å². The van der Waals surface area contributed by atoms with E-state index in [-0.39, 0.29) is 12.0 Å². The molecule has 1 amide bonds. The van der Waals surface area contributed by atoms with Crippen LogP contribution in [0.5, 0.6) is 0 Å². The van der Waals surface area contributed by atoms with Crippen molar-refractivity contribution in [3.63, 3.8) is 0 Å². The second-order valence-corrected chi connectivity index (χ2v) is 6.12. The predicted molar refractivity (Wildman–Crippen MR) is 78.6 cm³/mol. The summed E-state index contributed by atoms with van der Waals surface area (Å²) in [4.78, 5) is 14.5. The molecule has 0 saturated heterocycles. The monoisotopic (exact) mass is 273 g/mol. The molecule has 0 bridgehead atoms. The molecular weight excluding hydrogens is 250 g/mol. The molecule has 3 heteroatoms. The number of hydrogen-bond acceptors (Lipinski definition) is 2. The van der Waals surface area contributed by atoms with E-state index in [1.54, 1.807) is 0 Å². The van der Waals surface area contributed by atoms with Crippen LogP contribution in [0.1, 0.15) is 48.0 Å². The molecule has 1 unspecified atom stereocenters. The Kier molecular flexibility index (Phi) is 4.06. The molecule has 3 nitrogen and oxygen atoms in total. The van der Waals surface area contributed by atoms with Crippen molar-refractivity contribution in [2.75, 3.05) is 13.1 Å². The molecular formula is C17H23NO2. The first-order valence-corrected chi connectivity index (χ1v) is 7.81. The minimum absolute atomic E-state index is 0.0927. The molecule has 0 aromatic heterocycles. The summed E-state index contributed by atoms with van der Waals surface area (Å²) in [6.45, 7) is 1.26. The van der Waals surface area contributed by atoms with Crippen LogP contribution < -0.4 is 0 Å². The summed E-state index contributed by atoms with van der Waals surface area (Å²) in [5.74, 6) is 0.483. The summed E-state index contributed by atoms with van der Waals surface area (Å²) < 4.78 is 0. The predicted octanol–water partition coefficient (Wildman–Crippen LogP) is 2.63. The van der Waals surface area contributed by atoms with Gasteiger partial charge in [0.25, 0.3) is 5.91 Å². The van der Waals surface area contributed by atoms with Gasteiger partial charge in [0.05, 0.1) is 6.10 Å². The molecule has 1 heterocycles. The normalized spacial score (nSPS) is 21.6. The number of nitrogens with zero attached hydrogens (tertiary/aromatic N) is 1. The lowest BCUT2D eigenvalue weighted by Gasteiger charge is -2.27. The van der Waals surface area contributed by atoms with Gasteiger partial charge >= 0.3 is 0 Å². The summed E-state index contributed by atoms with van der Waals surface area (Å²) in [5.41, 5.74) is 1.97. The number of amides is 1. The molecule has 0 radical (unpaired) electrons. The quantitative estimate of drug-likeness (QED) is 0.919. The molecule has 1 aromatic rings. The number of rotatable bonds is 3. The Morgan fingerprint density at radius 1 is 1.20 bits per heavy atom. The maximum absolute atomic E-state index is 12.6. The van der Waals surface area contributed by atoms with Crippen molar-refractivity contribution < 1.29 is 9.90 Å². The fourth-order valence-electron chi connectivity index (χ4n) is 3.57. The second-order valence-electron chi connectivity index (χ2n) is 6.12. The summed E-state index contributed by atoms with van der Waals surface area (Å²) in [5, 5.41) is 10.4. The first-order chi connectivity index (χ1) is 9.75. The molecule has 20 heavy (non-hydrogen) atoms. The molecule has 0 spiro atoms. The van der Waals surface area contributed by atoms with Crippen LogP contribution in [0.25, 0.3) is 0 Å². The summed E-state index contributed by atoms with van der Waals surface area (Å²) in [7, 11) is 0. The third kappa shape index (κ3) is 2.73. The Labute approximate surface area is 120 Å². The maximum atomic E-state index is 12.6. The number of carbonyl (C=O) groups excluding carboxylic acids is 1. The van der Waals surface area contributed by atoms with Crippen LogP contribution in [0, 0.1) is 5.92 Å². The number of aryl methyl sites for hydroxylation is 1. The van der Waals surface area contributed by atoms with Crippen LogP contribution in [-0.4, -0.2) is 35.1 Å². The molecule has 1 aliphatic heterocycles. The van der Waals surface area contributed by atoms with E-state index < -0.39 is 0 Å². The number of benzene rings is 1. The molecule has 1 atom stereocenters. The largest absolute Gasteiger partial charge is 0.391 e. The SMILES string of the molecule is O=C1c2ccccc2CCCN1CC(O)C1CCCC1. The highest BCUT2D eigenvalue weighted by atomic mass is 16.3. The van der Waals surface area contributed by atoms with Crippen molar-refractivity contribution in [3.8, 4) is 0 Å². The third-order valence-electron chi connectivity index (χ3n) is 4.76. The minimum atomic E-state index is -0.355. The lowest BCUT2D eigenvalue weighted by Crippen LogP contribution is -2.40. The van der Waals surface area contributed by atoms with Gasteiger partial charge in [0, 0.05) is 18.7 Å². The molecule has 2 aliphatic rings. The van der Waals surface area contributed by atoms with Gasteiger partial charge in [-0.1, -0.05) is 31.0 Å². The van der Waals surface area contributed by atoms with Gasteiger partial charge in [-0.3, -0.25) is 4.79 Å². The molecule has 1 fully saturated rings. The van der Waals surface area contributed by atoms with Crippen molar-refractivity contribution >= 4 is 5.91 Å². The third-order valence-corrected chi connectivity index (χ3v) is 4.76. The van der Waals surface area contributed by atoms with Gasteiger partial charge in [-0.05, 0) is 43.2 Å². The molecule has 1 N–H and O–H groups in total. The van der Waals surface area contributed by atoms with Crippen molar-refractivity contribution in [1.82, 2.24) is 4.90 Å². The summed E-state index contributed by atoms with van der Waals surface area (Å²) >= 11 is 0. The van der Waals surface area contributed by atoms with Crippen molar-refractivity contribution in [2.45, 2.75) is 44.6 Å². The number of carbonyl (C=O) groups is 1. The molecule has 1 saturated carbocycles. The number of β-amino-alcohol motifs (C(OH)–C–C–N with tert-alkyl or cyclic N) is 1. The first kappa shape index (κ1) is 13.6. The Bertz CT molecular complexity index is 480. The van der Waals surface area contributed by atoms with Crippen LogP contribution in [0.4, 0.5) is 0 Å². The topological polar surface area (TPSA) is 40.5 Å². The number of aliphatic hydroxyl groups is 1. The summed E-state index contributed by atoms with van der Waals surface area (Å²) in [6.07, 6.45) is 6.25. The van der Waals surface area contributed by atoms with E-state index in [0.717, 1.165) is 43.4 Å². The van der Waals surface area contributed by atoms with Gasteiger partial charge in [-0.2, -0.15) is 0 Å². The van der Waals surface area contributed by atoms with Crippen LogP contribution in [-0.2, 0) is 6.42 Å². The Balaban J connectivity index is 1.72. The zero-order valence-corrected chi connectivity index (χ0v) is 11.9. The standard InChI is InChI=1S/C17H23NO2/c19-16(14-7-1-2-8-14)12-18-11-5-9-13-6-3-4-10-15(13)17(18)20/h3-4,6,10,14,16,19H,1-2,5,7-9,11-12H2. The number of hydrogen-bond donors (Lipinski definition) is 1. The van der Waals surface area contributed by atoms with E-state index in [0.29, 0.717) is 12.5 Å².